The van der Waals surface area contributed by atoms with Gasteiger partial charge in [-0.25, -0.2) is 4.39 Å². The molecule has 2 heterocycles. The molecule has 1 fully saturated rings. The van der Waals surface area contributed by atoms with E-state index in [1.54, 1.807) is 60.7 Å². The van der Waals surface area contributed by atoms with E-state index >= 15 is 0 Å². The van der Waals surface area contributed by atoms with Gasteiger partial charge in [0.2, 0.25) is 5.13 Å². The predicted molar refractivity (Wildman–Crippen MR) is 175 cm³/mol. The molecule has 8 nitrogen and oxygen atoms in total. The van der Waals surface area contributed by atoms with Crippen LogP contribution < -0.4 is 14.4 Å². The van der Waals surface area contributed by atoms with Crippen molar-refractivity contribution in [2.45, 2.75) is 43.3 Å². The number of anilines is 1. The number of thioether (sulfide) groups is 1. The van der Waals surface area contributed by atoms with Gasteiger partial charge in [0.05, 0.1) is 24.8 Å². The minimum Gasteiger partial charge on any atom is -0.507 e. The molecule has 1 aliphatic rings. The Balaban J connectivity index is 1.56. The van der Waals surface area contributed by atoms with Crippen LogP contribution in [0.25, 0.3) is 5.76 Å². The van der Waals surface area contributed by atoms with Gasteiger partial charge >= 0.3 is 5.91 Å². The lowest BCUT2D eigenvalue weighted by atomic mass is 9.95. The van der Waals surface area contributed by atoms with E-state index in [1.807, 2.05) is 6.92 Å². The number of aliphatic hydroxyl groups excluding tert-OH is 1. The summed E-state index contributed by atoms with van der Waals surface area (Å²) in [5.74, 6) is -0.709. The lowest BCUT2D eigenvalue weighted by molar-refractivity contribution is -0.132. The molecule has 1 amide bonds. The summed E-state index contributed by atoms with van der Waals surface area (Å²) >= 11 is 8.42. The van der Waals surface area contributed by atoms with Crippen LogP contribution in [0.1, 0.15) is 49.9 Å². The highest BCUT2D eigenvalue weighted by atomic mass is 35.5. The highest BCUT2D eigenvalue weighted by Crippen LogP contribution is 2.45. The fourth-order valence-electron chi connectivity index (χ4n) is 4.71. The van der Waals surface area contributed by atoms with Crippen LogP contribution in [0.2, 0.25) is 5.02 Å². The first kappa shape index (κ1) is 32.5. The predicted octanol–water partition coefficient (Wildman–Crippen LogP) is 8.07. The Labute approximate surface area is 273 Å². The summed E-state index contributed by atoms with van der Waals surface area (Å²) in [6.07, 6.45) is 0.850. The zero-order chi connectivity index (χ0) is 32.1. The molecule has 1 aliphatic heterocycles. The zero-order valence-electron chi connectivity index (χ0n) is 24.8. The van der Waals surface area contributed by atoms with Gasteiger partial charge in [0, 0.05) is 16.3 Å². The lowest BCUT2D eigenvalue weighted by Gasteiger charge is -2.24. The Morgan fingerprint density at radius 2 is 1.82 bits per heavy atom. The Morgan fingerprint density at radius 3 is 2.53 bits per heavy atom. The van der Waals surface area contributed by atoms with Gasteiger partial charge in [-0.05, 0) is 72.9 Å². The molecule has 4 aromatic rings. The molecule has 1 aromatic heterocycles. The molecule has 45 heavy (non-hydrogen) atoms. The molecule has 234 valence electrons. The maximum Gasteiger partial charge on any atom is 0.301 e. The van der Waals surface area contributed by atoms with Crippen LogP contribution in [0.15, 0.2) is 76.6 Å². The molecule has 1 saturated heterocycles. The van der Waals surface area contributed by atoms with Crippen LogP contribution in [0.3, 0.4) is 0 Å². The third-order valence-electron chi connectivity index (χ3n) is 7.01. The van der Waals surface area contributed by atoms with Crippen molar-refractivity contribution < 1.29 is 28.6 Å². The number of aromatic nitrogens is 2. The molecular formula is C33H31ClFN3O5S2. The van der Waals surface area contributed by atoms with Gasteiger partial charge in [0.1, 0.15) is 11.6 Å². The topological polar surface area (TPSA) is 102 Å². The van der Waals surface area contributed by atoms with E-state index in [4.69, 9.17) is 21.1 Å². The van der Waals surface area contributed by atoms with Gasteiger partial charge < -0.3 is 14.6 Å². The molecule has 5 rings (SSSR count). The number of Topliss-reactive ketones (excluding diaryl/α,β-unsaturated/α-hetero) is 1. The van der Waals surface area contributed by atoms with E-state index in [0.29, 0.717) is 62.4 Å². The summed E-state index contributed by atoms with van der Waals surface area (Å²) in [5.41, 5.74) is 1.20. The first-order chi connectivity index (χ1) is 21.7. The molecule has 0 aliphatic carbocycles. The van der Waals surface area contributed by atoms with E-state index in [0.717, 1.165) is 17.8 Å². The number of rotatable bonds is 12. The lowest BCUT2D eigenvalue weighted by Crippen LogP contribution is -2.29. The first-order valence-electron chi connectivity index (χ1n) is 14.3. The van der Waals surface area contributed by atoms with Crippen molar-refractivity contribution in [1.29, 1.82) is 0 Å². The Hall–Kier alpha value is -3.93. The van der Waals surface area contributed by atoms with E-state index in [9.17, 15) is 19.1 Å². The number of aliphatic hydroxyl groups is 1. The largest absolute Gasteiger partial charge is 0.507 e. The monoisotopic (exact) mass is 667 g/mol. The van der Waals surface area contributed by atoms with Crippen LogP contribution in [-0.2, 0) is 15.3 Å². The highest BCUT2D eigenvalue weighted by Gasteiger charge is 2.48. The van der Waals surface area contributed by atoms with E-state index in [-0.39, 0.29) is 22.3 Å². The van der Waals surface area contributed by atoms with Gasteiger partial charge in [-0.2, -0.15) is 0 Å². The molecule has 0 saturated carbocycles. The van der Waals surface area contributed by atoms with Crippen LogP contribution in [0.5, 0.6) is 11.5 Å². The summed E-state index contributed by atoms with van der Waals surface area (Å²) in [7, 11) is 0. The smallest absolute Gasteiger partial charge is 0.301 e. The average molecular weight is 668 g/mol. The van der Waals surface area contributed by atoms with Crippen molar-refractivity contribution in [1.82, 2.24) is 10.2 Å². The zero-order valence-corrected chi connectivity index (χ0v) is 27.2. The molecular weight excluding hydrogens is 637 g/mol. The molecule has 0 bridgehead atoms. The maximum absolute atomic E-state index is 14.2. The van der Waals surface area contributed by atoms with Crippen LogP contribution in [0, 0.1) is 11.7 Å². The number of hydrogen-bond donors (Lipinski definition) is 1. The standard InChI is InChI=1S/C33H31ClFN3O5S2/c1-4-42-26-17-21(11-14-25(26)43-16-15-19(2)3)28-27(29(39)20-9-12-23(34)13-10-20)30(40)31(41)38(28)32-36-37-33(45-32)44-18-22-7-5-6-8-24(22)35/h5-14,17,19,28,39H,4,15-16,18H2,1-3H3/b29-27+. The number of ether oxygens (including phenoxy) is 2. The fraction of sp³-hybridized carbons (Fsp3) is 0.273. The molecule has 3 aromatic carbocycles. The van der Waals surface area contributed by atoms with Gasteiger partial charge in [-0.1, -0.05) is 72.8 Å². The number of halogens is 2. The van der Waals surface area contributed by atoms with Crippen molar-refractivity contribution in [2.75, 3.05) is 18.1 Å². The summed E-state index contributed by atoms with van der Waals surface area (Å²) in [5, 5.41) is 20.5. The number of carbonyl (C=O) groups is 2. The number of amides is 1. The van der Waals surface area contributed by atoms with Crippen molar-refractivity contribution in [2.24, 2.45) is 5.92 Å². The number of ketones is 1. The molecule has 1 unspecified atom stereocenters. The highest BCUT2D eigenvalue weighted by molar-refractivity contribution is 8.00. The van der Waals surface area contributed by atoms with Gasteiger partial charge in [-0.15, -0.1) is 10.2 Å². The van der Waals surface area contributed by atoms with E-state index < -0.39 is 17.7 Å². The van der Waals surface area contributed by atoms with E-state index in [1.165, 1.54) is 22.7 Å². The van der Waals surface area contributed by atoms with Gasteiger partial charge in [0.25, 0.3) is 5.78 Å². The second-order valence-corrected chi connectivity index (χ2v) is 13.2. The Morgan fingerprint density at radius 1 is 1.07 bits per heavy atom. The number of carbonyl (C=O) groups excluding carboxylic acids is 2. The quantitative estimate of drug-likeness (QED) is 0.0532. The van der Waals surface area contributed by atoms with Crippen molar-refractivity contribution in [3.8, 4) is 11.5 Å². The third-order valence-corrected chi connectivity index (χ3v) is 9.37. The maximum atomic E-state index is 14.2. The first-order valence-corrected chi connectivity index (χ1v) is 16.5. The summed E-state index contributed by atoms with van der Waals surface area (Å²) < 4.78 is 26.6. The second-order valence-electron chi connectivity index (χ2n) is 10.6. The number of benzene rings is 3. The molecule has 1 atom stereocenters. The van der Waals surface area contributed by atoms with Gasteiger partial charge in [0.15, 0.2) is 15.8 Å². The Kier molecular flexibility index (Phi) is 10.4. The summed E-state index contributed by atoms with van der Waals surface area (Å²) in [6, 6.07) is 16.9. The molecule has 0 radical (unpaired) electrons. The van der Waals surface area contributed by atoms with Crippen LogP contribution >= 0.6 is 34.7 Å². The van der Waals surface area contributed by atoms with Gasteiger partial charge in [-0.3, -0.25) is 14.5 Å². The minimum absolute atomic E-state index is 0.117. The van der Waals surface area contributed by atoms with Crippen molar-refractivity contribution >= 4 is 57.3 Å². The molecule has 0 spiro atoms. The number of nitrogens with zero attached hydrogens (tertiary/aromatic N) is 3. The second kappa shape index (κ2) is 14.4. The third kappa shape index (κ3) is 7.32. The van der Waals surface area contributed by atoms with Crippen molar-refractivity contribution in [3.05, 3.63) is 99.8 Å². The normalized spacial score (nSPS) is 16.0. The summed E-state index contributed by atoms with van der Waals surface area (Å²) in [6.45, 7) is 6.91. The molecule has 1 N–H and O–H groups in total. The SMILES string of the molecule is CCOc1cc(C2/C(=C(\O)c3ccc(Cl)cc3)C(=O)C(=O)N2c2nnc(SCc3ccccc3F)s2)ccc1OCCC(C)C. The molecule has 12 heteroatoms. The van der Waals surface area contributed by atoms with Crippen molar-refractivity contribution in [3.63, 3.8) is 0 Å². The minimum atomic E-state index is -1.05. The van der Waals surface area contributed by atoms with E-state index in [2.05, 4.69) is 24.0 Å². The Bertz CT molecular complexity index is 1730. The number of hydrogen-bond acceptors (Lipinski definition) is 9. The van der Waals surface area contributed by atoms with Crippen LogP contribution in [0.4, 0.5) is 9.52 Å². The average Bonchev–Trinajstić information content (AvgIpc) is 3.59. The summed E-state index contributed by atoms with van der Waals surface area (Å²) in [4.78, 5) is 28.5. The fourth-order valence-corrected chi connectivity index (χ4v) is 6.69. The van der Waals surface area contributed by atoms with Crippen LogP contribution in [-0.4, -0.2) is 40.2 Å².